The molecule has 0 unspecified atom stereocenters. The molecule has 2 bridgehead atoms. The van der Waals surface area contributed by atoms with Crippen LogP contribution in [0.3, 0.4) is 0 Å². The number of ketones is 1. The predicted octanol–water partition coefficient (Wildman–Crippen LogP) is 5.15. The summed E-state index contributed by atoms with van der Waals surface area (Å²) in [5.74, 6) is -0.261. The summed E-state index contributed by atoms with van der Waals surface area (Å²) < 4.78 is 13.2. The minimum Gasteiger partial charge on any atom is -0.404 e. The van der Waals surface area contributed by atoms with E-state index in [0.29, 0.717) is 29.7 Å². The van der Waals surface area contributed by atoms with Crippen LogP contribution in [0.1, 0.15) is 103 Å². The lowest BCUT2D eigenvalue weighted by molar-refractivity contribution is -0.199. The van der Waals surface area contributed by atoms with Gasteiger partial charge in [-0.2, -0.15) is 0 Å². The maximum Gasteiger partial charge on any atom is 0.481 e. The van der Waals surface area contributed by atoms with Crippen LogP contribution in [-0.2, 0) is 25.3 Å². The van der Waals surface area contributed by atoms with E-state index in [0.717, 1.165) is 32.1 Å². The lowest BCUT2D eigenvalue weighted by Gasteiger charge is -2.64. The summed E-state index contributed by atoms with van der Waals surface area (Å²) >= 11 is 0. The van der Waals surface area contributed by atoms with Crippen LogP contribution in [0.5, 0.6) is 0 Å². The molecule has 220 valence electrons. The van der Waals surface area contributed by atoms with Crippen LogP contribution >= 0.6 is 0 Å². The molecule has 1 aromatic carbocycles. The predicted molar refractivity (Wildman–Crippen MR) is 158 cm³/mol. The Morgan fingerprint density at radius 1 is 1.10 bits per heavy atom. The summed E-state index contributed by atoms with van der Waals surface area (Å²) in [7, 11) is -0.538. The zero-order valence-corrected chi connectivity index (χ0v) is 25.5. The van der Waals surface area contributed by atoms with E-state index in [2.05, 4.69) is 52.2 Å². The molecule has 40 heavy (non-hydrogen) atoms. The third-order valence-electron chi connectivity index (χ3n) is 9.85. The van der Waals surface area contributed by atoms with Gasteiger partial charge in [0.2, 0.25) is 11.8 Å². The van der Waals surface area contributed by atoms with Crippen molar-refractivity contribution in [1.82, 2.24) is 10.6 Å². The monoisotopic (exact) mass is 552 g/mol. The molecule has 6 atom stereocenters. The van der Waals surface area contributed by atoms with Crippen LogP contribution in [0.4, 0.5) is 0 Å². The Morgan fingerprint density at radius 3 is 2.40 bits per heavy atom. The van der Waals surface area contributed by atoms with Crippen LogP contribution in [-0.4, -0.2) is 48.9 Å². The van der Waals surface area contributed by atoms with Crippen LogP contribution in [0, 0.1) is 29.1 Å². The fourth-order valence-corrected chi connectivity index (χ4v) is 7.22. The second kappa shape index (κ2) is 12.4. The molecular formula is C32H49BN2O5. The summed E-state index contributed by atoms with van der Waals surface area (Å²) in [6.07, 6.45) is 6.09. The molecule has 1 saturated heterocycles. The molecule has 0 radical (unpaired) electrons. The van der Waals surface area contributed by atoms with Crippen molar-refractivity contribution in [3.05, 3.63) is 35.4 Å². The number of rotatable bonds is 13. The second-order valence-corrected chi connectivity index (χ2v) is 13.6. The Bertz CT molecular complexity index is 1070. The number of unbranched alkanes of at least 4 members (excludes halogenated alkanes) is 1. The summed E-state index contributed by atoms with van der Waals surface area (Å²) in [6, 6.07) is 7.67. The molecule has 4 fully saturated rings. The van der Waals surface area contributed by atoms with Gasteiger partial charge in [-0.3, -0.25) is 14.4 Å². The summed E-state index contributed by atoms with van der Waals surface area (Å²) in [4.78, 5) is 38.6. The minimum atomic E-state index is -0.697. The van der Waals surface area contributed by atoms with Gasteiger partial charge in [-0.1, -0.05) is 65.3 Å². The molecule has 0 aromatic heterocycles. The number of carbonyl (C=O) groups is 3. The lowest BCUT2D eigenvalue weighted by atomic mass is 9.43. The highest BCUT2D eigenvalue weighted by atomic mass is 16.7. The number of amides is 2. The van der Waals surface area contributed by atoms with Gasteiger partial charge in [-0.25, -0.2) is 0 Å². The van der Waals surface area contributed by atoms with Crippen LogP contribution in [0.15, 0.2) is 24.3 Å². The first kappa shape index (κ1) is 30.8. The molecule has 3 aliphatic carbocycles. The largest absolute Gasteiger partial charge is 0.481 e. The lowest BCUT2D eigenvalue weighted by Crippen LogP contribution is -2.65. The fourth-order valence-electron chi connectivity index (χ4n) is 7.22. The molecule has 1 aromatic rings. The molecule has 1 aliphatic heterocycles. The molecule has 2 amide bonds. The quantitative estimate of drug-likeness (QED) is 0.261. The van der Waals surface area contributed by atoms with Gasteiger partial charge in [0.1, 0.15) is 0 Å². The summed E-state index contributed by atoms with van der Waals surface area (Å²) in [6.45, 7) is 14.8. The van der Waals surface area contributed by atoms with E-state index >= 15 is 0 Å². The number of benzene rings is 1. The third-order valence-corrected chi connectivity index (χ3v) is 9.85. The zero-order valence-electron chi connectivity index (χ0n) is 25.5. The number of Topliss-reactive ketones (excluding diaryl/α,β-unsaturated/α-hetero) is 1. The average molecular weight is 553 g/mol. The topological polar surface area (TPSA) is 93.7 Å². The minimum absolute atomic E-state index is 0.0134. The van der Waals surface area contributed by atoms with Crippen molar-refractivity contribution in [2.24, 2.45) is 29.1 Å². The number of nitrogens with one attached hydrogen (secondary N) is 2. The van der Waals surface area contributed by atoms with Crippen molar-refractivity contribution in [2.75, 3.05) is 6.54 Å². The van der Waals surface area contributed by atoms with Crippen LogP contribution in [0.25, 0.3) is 0 Å². The molecule has 5 rings (SSSR count). The molecule has 2 N–H and O–H groups in total. The van der Waals surface area contributed by atoms with E-state index in [-0.39, 0.29) is 53.6 Å². The SMILES string of the molecule is CCCCc1ccc(C(=O)C[C@@H](CNC(C)=O)C(=O)N[C@@H](CC(C)C)B2O[C@@H]3C[C@@H]4C[C@@H](C4(C)C)[C@]3(C)O2)cc1. The molecule has 8 heteroatoms. The van der Waals surface area contributed by atoms with Gasteiger partial charge in [0.25, 0.3) is 0 Å². The number of hydrogen-bond donors (Lipinski definition) is 2. The van der Waals surface area contributed by atoms with Crippen molar-refractivity contribution in [2.45, 2.75) is 111 Å². The van der Waals surface area contributed by atoms with E-state index in [1.165, 1.54) is 12.5 Å². The highest BCUT2D eigenvalue weighted by Crippen LogP contribution is 2.65. The van der Waals surface area contributed by atoms with Gasteiger partial charge < -0.3 is 19.9 Å². The highest BCUT2D eigenvalue weighted by molar-refractivity contribution is 6.47. The van der Waals surface area contributed by atoms with E-state index in [4.69, 9.17) is 9.31 Å². The van der Waals surface area contributed by atoms with Crippen molar-refractivity contribution in [3.8, 4) is 0 Å². The fraction of sp³-hybridized carbons (Fsp3) is 0.719. The second-order valence-electron chi connectivity index (χ2n) is 13.6. The number of aryl methyl sites for hydroxylation is 1. The van der Waals surface area contributed by atoms with Gasteiger partial charge in [0.15, 0.2) is 5.78 Å². The van der Waals surface area contributed by atoms with Gasteiger partial charge in [-0.15, -0.1) is 0 Å². The third kappa shape index (κ3) is 6.49. The first-order valence-electron chi connectivity index (χ1n) is 15.3. The van der Waals surface area contributed by atoms with Crippen LogP contribution < -0.4 is 10.6 Å². The summed E-state index contributed by atoms with van der Waals surface area (Å²) in [5.41, 5.74) is 1.66. The maximum absolute atomic E-state index is 13.7. The Hall–Kier alpha value is -2.19. The molecule has 3 saturated carbocycles. The van der Waals surface area contributed by atoms with Gasteiger partial charge >= 0.3 is 7.12 Å². The van der Waals surface area contributed by atoms with Gasteiger partial charge in [0.05, 0.1) is 23.6 Å². The Balaban J connectivity index is 1.46. The van der Waals surface area contributed by atoms with E-state index in [1.54, 1.807) is 0 Å². The van der Waals surface area contributed by atoms with E-state index < -0.39 is 13.0 Å². The summed E-state index contributed by atoms with van der Waals surface area (Å²) in [5, 5.41) is 5.94. The normalized spacial score (nSPS) is 27.9. The molecule has 0 spiro atoms. The average Bonchev–Trinajstić information content (AvgIpc) is 3.26. The van der Waals surface area contributed by atoms with Crippen molar-refractivity contribution < 1.29 is 23.7 Å². The van der Waals surface area contributed by atoms with Gasteiger partial charge in [-0.05, 0) is 67.8 Å². The first-order valence-corrected chi connectivity index (χ1v) is 15.3. The molecule has 4 aliphatic rings. The van der Waals surface area contributed by atoms with E-state index in [9.17, 15) is 14.4 Å². The Morgan fingerprint density at radius 2 is 1.80 bits per heavy atom. The molecule has 1 heterocycles. The van der Waals surface area contributed by atoms with Gasteiger partial charge in [0, 0.05) is 25.5 Å². The first-order chi connectivity index (χ1) is 18.8. The molecular weight excluding hydrogens is 503 g/mol. The highest BCUT2D eigenvalue weighted by Gasteiger charge is 2.68. The Labute approximate surface area is 241 Å². The van der Waals surface area contributed by atoms with Crippen molar-refractivity contribution in [3.63, 3.8) is 0 Å². The standard InChI is InChI=1S/C32H49BN2O5/c1-8-9-10-22-11-13-23(14-12-22)26(37)16-24(19-34-21(4)36)30(38)35-29(15-20(2)3)33-39-28-18-25-17-27(31(25,5)6)32(28,7)40-33/h11-14,20,24-25,27-29H,8-10,15-19H2,1-7H3,(H,34,36)(H,35,38)/t24-,25-,27-,28+,29-,32-/m0/s1. The van der Waals surface area contributed by atoms with Crippen molar-refractivity contribution in [1.29, 1.82) is 0 Å². The van der Waals surface area contributed by atoms with Crippen molar-refractivity contribution >= 4 is 24.7 Å². The number of hydrogen-bond acceptors (Lipinski definition) is 5. The smallest absolute Gasteiger partial charge is 0.404 e. The maximum atomic E-state index is 13.7. The molecule has 7 nitrogen and oxygen atoms in total. The van der Waals surface area contributed by atoms with E-state index in [1.807, 2.05) is 24.3 Å². The Kier molecular flexibility index (Phi) is 9.51. The zero-order chi connectivity index (χ0) is 29.2. The van der Waals surface area contributed by atoms with Crippen LogP contribution in [0.2, 0.25) is 0 Å². The number of carbonyl (C=O) groups excluding carboxylic acids is 3.